The van der Waals surface area contributed by atoms with Crippen LogP contribution in [-0.4, -0.2) is 55.0 Å². The molecular weight excluding hydrogens is 318 g/mol. The molecule has 0 amide bonds. The molecule has 2 saturated heterocycles. The number of hydrogen-bond donors (Lipinski definition) is 1. The molecule has 0 bridgehead atoms. The van der Waals surface area contributed by atoms with E-state index in [4.69, 9.17) is 5.11 Å². The second-order valence-electron chi connectivity index (χ2n) is 6.09. The van der Waals surface area contributed by atoms with Crippen molar-refractivity contribution in [3.05, 3.63) is 18.3 Å². The van der Waals surface area contributed by atoms with Gasteiger partial charge < -0.3 is 10.0 Å². The number of aliphatic carboxylic acids is 1. The van der Waals surface area contributed by atoms with Crippen molar-refractivity contribution in [3.8, 4) is 0 Å². The van der Waals surface area contributed by atoms with Gasteiger partial charge in [-0.3, -0.25) is 4.79 Å². The zero-order chi connectivity index (χ0) is 16.4. The van der Waals surface area contributed by atoms with Gasteiger partial charge in [0.25, 0.3) is 0 Å². The van der Waals surface area contributed by atoms with Gasteiger partial charge in [0.05, 0.1) is 5.92 Å². The normalized spacial score (nSPS) is 23.1. The number of anilines is 1. The number of aromatic nitrogens is 1. The van der Waals surface area contributed by atoms with Gasteiger partial charge in [0.1, 0.15) is 10.7 Å². The lowest BCUT2D eigenvalue weighted by Crippen LogP contribution is -2.39. The Morgan fingerprint density at radius 2 is 1.91 bits per heavy atom. The Kier molecular flexibility index (Phi) is 4.54. The summed E-state index contributed by atoms with van der Waals surface area (Å²) in [4.78, 5) is 17.5. The Balaban J connectivity index is 1.75. The Hall–Kier alpha value is -1.67. The van der Waals surface area contributed by atoms with E-state index < -0.39 is 21.9 Å². The van der Waals surface area contributed by atoms with Crippen molar-refractivity contribution < 1.29 is 18.3 Å². The first kappa shape index (κ1) is 16.2. The van der Waals surface area contributed by atoms with E-state index in [2.05, 4.69) is 4.98 Å². The lowest BCUT2D eigenvalue weighted by Gasteiger charge is -2.31. The number of carboxylic acids is 1. The molecule has 1 atom stereocenters. The highest BCUT2D eigenvalue weighted by Crippen LogP contribution is 2.24. The topological polar surface area (TPSA) is 90.8 Å². The number of hydrogen-bond acceptors (Lipinski definition) is 5. The second kappa shape index (κ2) is 6.45. The average Bonchev–Trinajstić information content (AvgIpc) is 3.10. The Bertz CT molecular complexity index is 668. The third kappa shape index (κ3) is 3.32. The van der Waals surface area contributed by atoms with E-state index in [0.29, 0.717) is 31.9 Å². The van der Waals surface area contributed by atoms with Crippen LogP contribution < -0.4 is 4.90 Å². The van der Waals surface area contributed by atoms with Crippen molar-refractivity contribution in [1.29, 1.82) is 0 Å². The van der Waals surface area contributed by atoms with E-state index in [9.17, 15) is 13.2 Å². The number of rotatable bonds is 4. The summed E-state index contributed by atoms with van der Waals surface area (Å²) in [5.74, 6) is -0.544. The quantitative estimate of drug-likeness (QED) is 0.885. The molecule has 2 fully saturated rings. The highest BCUT2D eigenvalue weighted by atomic mass is 32.2. The average molecular weight is 339 g/mol. The predicted octanol–water partition coefficient (Wildman–Crippen LogP) is 1.17. The van der Waals surface area contributed by atoms with Crippen LogP contribution in [0.25, 0.3) is 0 Å². The van der Waals surface area contributed by atoms with E-state index in [1.807, 2.05) is 4.90 Å². The fraction of sp³-hybridized carbons (Fsp3) is 0.600. The lowest BCUT2D eigenvalue weighted by atomic mass is 9.98. The Morgan fingerprint density at radius 3 is 2.52 bits per heavy atom. The molecule has 1 aromatic heterocycles. The molecule has 0 saturated carbocycles. The molecule has 1 aromatic rings. The van der Waals surface area contributed by atoms with Gasteiger partial charge in [-0.05, 0) is 37.8 Å². The van der Waals surface area contributed by atoms with Crippen LogP contribution in [0.1, 0.15) is 25.7 Å². The van der Waals surface area contributed by atoms with Crippen LogP contribution in [0, 0.1) is 5.92 Å². The summed E-state index contributed by atoms with van der Waals surface area (Å²) in [6.07, 6.45) is 4.65. The summed E-state index contributed by atoms with van der Waals surface area (Å²) in [7, 11) is -3.45. The highest BCUT2D eigenvalue weighted by molar-refractivity contribution is 7.89. The molecule has 23 heavy (non-hydrogen) atoms. The van der Waals surface area contributed by atoms with Gasteiger partial charge in [-0.2, -0.15) is 4.31 Å². The molecule has 8 heteroatoms. The molecule has 1 N–H and O–H groups in total. The summed E-state index contributed by atoms with van der Waals surface area (Å²) in [6.45, 7) is 2.29. The van der Waals surface area contributed by atoms with Crippen LogP contribution >= 0.6 is 0 Å². The maximum absolute atomic E-state index is 12.5. The fourth-order valence-electron chi connectivity index (χ4n) is 3.18. The first-order valence-electron chi connectivity index (χ1n) is 7.92. The molecule has 7 nitrogen and oxygen atoms in total. The van der Waals surface area contributed by atoms with Crippen LogP contribution in [-0.2, 0) is 14.8 Å². The summed E-state index contributed by atoms with van der Waals surface area (Å²) in [6, 6.07) is 3.24. The van der Waals surface area contributed by atoms with Gasteiger partial charge in [-0.15, -0.1) is 0 Å². The predicted molar refractivity (Wildman–Crippen MR) is 84.8 cm³/mol. The molecule has 2 aliphatic rings. The third-order valence-electron chi connectivity index (χ3n) is 4.52. The molecule has 0 spiro atoms. The Labute approximate surface area is 136 Å². The minimum atomic E-state index is -3.45. The number of sulfonamides is 1. The fourth-order valence-corrected chi connectivity index (χ4v) is 4.64. The van der Waals surface area contributed by atoms with Crippen molar-refractivity contribution in [3.63, 3.8) is 0 Å². The van der Waals surface area contributed by atoms with E-state index in [-0.39, 0.29) is 4.90 Å². The molecule has 3 rings (SSSR count). The number of nitrogens with zero attached hydrogens (tertiary/aromatic N) is 3. The van der Waals surface area contributed by atoms with Crippen molar-refractivity contribution in [2.24, 2.45) is 5.92 Å². The summed E-state index contributed by atoms with van der Waals surface area (Å²) in [5.41, 5.74) is 0. The first-order chi connectivity index (χ1) is 11.0. The molecule has 0 radical (unpaired) electrons. The van der Waals surface area contributed by atoms with Crippen LogP contribution in [0.2, 0.25) is 0 Å². The minimum absolute atomic E-state index is 0.204. The molecule has 0 aromatic carbocycles. The van der Waals surface area contributed by atoms with Gasteiger partial charge in [0.2, 0.25) is 10.0 Å². The zero-order valence-electron chi connectivity index (χ0n) is 12.9. The van der Waals surface area contributed by atoms with Crippen molar-refractivity contribution >= 4 is 21.8 Å². The number of carbonyl (C=O) groups is 1. The second-order valence-corrected chi connectivity index (χ2v) is 8.02. The number of carboxylic acid groups (broad SMARTS) is 1. The SMILES string of the molecule is O=C(O)C1CCCN(c2ccc(S(=O)(=O)N3CCCC3)cn2)C1. The van der Waals surface area contributed by atoms with Gasteiger partial charge in [0.15, 0.2) is 0 Å². The highest BCUT2D eigenvalue weighted by Gasteiger charge is 2.29. The third-order valence-corrected chi connectivity index (χ3v) is 6.40. The van der Waals surface area contributed by atoms with Crippen LogP contribution in [0.4, 0.5) is 5.82 Å². The number of pyridine rings is 1. The van der Waals surface area contributed by atoms with Gasteiger partial charge >= 0.3 is 5.97 Å². The standard InChI is InChI=1S/C15H21N3O4S/c19-15(20)12-4-3-7-17(11-12)14-6-5-13(10-16-14)23(21,22)18-8-1-2-9-18/h5-6,10,12H,1-4,7-9,11H2,(H,19,20). The van der Waals surface area contributed by atoms with Crippen molar-refractivity contribution in [1.82, 2.24) is 9.29 Å². The maximum Gasteiger partial charge on any atom is 0.308 e. The van der Waals surface area contributed by atoms with E-state index >= 15 is 0 Å². The summed E-state index contributed by atoms with van der Waals surface area (Å²) >= 11 is 0. The van der Waals surface area contributed by atoms with Crippen LogP contribution in [0.5, 0.6) is 0 Å². The molecular formula is C15H21N3O4S. The monoisotopic (exact) mass is 339 g/mol. The Morgan fingerprint density at radius 1 is 1.17 bits per heavy atom. The summed E-state index contributed by atoms with van der Waals surface area (Å²) in [5, 5.41) is 9.14. The molecule has 3 heterocycles. The molecule has 126 valence electrons. The lowest BCUT2D eigenvalue weighted by molar-refractivity contribution is -0.141. The molecule has 2 aliphatic heterocycles. The van der Waals surface area contributed by atoms with E-state index in [0.717, 1.165) is 25.8 Å². The summed E-state index contributed by atoms with van der Waals surface area (Å²) < 4.78 is 26.4. The molecule has 1 unspecified atom stereocenters. The van der Waals surface area contributed by atoms with E-state index in [1.54, 1.807) is 12.1 Å². The van der Waals surface area contributed by atoms with Crippen LogP contribution in [0.3, 0.4) is 0 Å². The largest absolute Gasteiger partial charge is 0.481 e. The van der Waals surface area contributed by atoms with Gasteiger partial charge in [-0.25, -0.2) is 13.4 Å². The van der Waals surface area contributed by atoms with Gasteiger partial charge in [-0.1, -0.05) is 0 Å². The van der Waals surface area contributed by atoms with E-state index in [1.165, 1.54) is 10.5 Å². The van der Waals surface area contributed by atoms with Crippen LogP contribution in [0.15, 0.2) is 23.2 Å². The first-order valence-corrected chi connectivity index (χ1v) is 9.36. The maximum atomic E-state index is 12.5. The van der Waals surface area contributed by atoms with Gasteiger partial charge in [0, 0.05) is 32.4 Å². The van der Waals surface area contributed by atoms with Crippen molar-refractivity contribution in [2.75, 3.05) is 31.1 Å². The number of piperidine rings is 1. The van der Waals surface area contributed by atoms with Crippen molar-refractivity contribution in [2.45, 2.75) is 30.6 Å². The molecule has 0 aliphatic carbocycles. The smallest absolute Gasteiger partial charge is 0.308 e. The minimum Gasteiger partial charge on any atom is -0.481 e. The zero-order valence-corrected chi connectivity index (χ0v) is 13.7.